The van der Waals surface area contributed by atoms with Crippen molar-refractivity contribution in [2.45, 2.75) is 55.3 Å². The zero-order valence-corrected chi connectivity index (χ0v) is 10.3. The van der Waals surface area contributed by atoms with Crippen molar-refractivity contribution in [1.29, 1.82) is 0 Å². The Morgan fingerprint density at radius 3 is 2.13 bits per heavy atom. The van der Waals surface area contributed by atoms with E-state index in [9.17, 15) is 4.79 Å². The Hall–Kier alpha value is 0.0500. The van der Waals surface area contributed by atoms with E-state index in [-0.39, 0.29) is 11.8 Å². The van der Waals surface area contributed by atoms with Gasteiger partial charge in [0.05, 0.1) is 5.92 Å². The fourth-order valence-corrected chi connectivity index (χ4v) is 2.73. The second kappa shape index (κ2) is 4.50. The molecule has 0 aromatic carbocycles. The quantitative estimate of drug-likeness (QED) is 0.592. The van der Waals surface area contributed by atoms with Crippen molar-refractivity contribution in [2.75, 3.05) is 0 Å². The van der Waals surface area contributed by atoms with Crippen LogP contribution in [0.15, 0.2) is 0 Å². The Labute approximate surface area is 101 Å². The zero-order valence-electron chi connectivity index (χ0n) is 8.77. The lowest BCUT2D eigenvalue weighted by Crippen LogP contribution is -2.36. The normalized spacial score (nSPS) is 30.7. The van der Waals surface area contributed by atoms with E-state index >= 15 is 0 Å². The van der Waals surface area contributed by atoms with Crippen molar-refractivity contribution in [3.05, 3.63) is 0 Å². The summed E-state index contributed by atoms with van der Waals surface area (Å²) in [6, 6.07) is 0.352. The van der Waals surface area contributed by atoms with Gasteiger partial charge in [-0.3, -0.25) is 4.79 Å². The van der Waals surface area contributed by atoms with E-state index in [0.29, 0.717) is 12.5 Å². The minimum Gasteiger partial charge on any atom is -0.353 e. The summed E-state index contributed by atoms with van der Waals surface area (Å²) in [4.78, 5) is 11.7. The molecule has 0 saturated heterocycles. The van der Waals surface area contributed by atoms with Crippen molar-refractivity contribution < 1.29 is 4.79 Å². The third-order valence-corrected chi connectivity index (χ3v) is 4.18. The molecule has 1 atom stereocenters. The van der Waals surface area contributed by atoms with E-state index in [1.165, 1.54) is 25.7 Å². The Balaban J connectivity index is 1.78. The lowest BCUT2D eigenvalue weighted by molar-refractivity contribution is -0.123. The number of carbonyl (C=O) groups is 1. The van der Waals surface area contributed by atoms with Gasteiger partial charge in [-0.15, -0.1) is 23.2 Å². The van der Waals surface area contributed by atoms with E-state index in [2.05, 4.69) is 5.32 Å². The highest BCUT2D eigenvalue weighted by molar-refractivity contribution is 6.52. The van der Waals surface area contributed by atoms with Crippen LogP contribution >= 0.6 is 23.2 Å². The highest BCUT2D eigenvalue weighted by atomic mass is 35.5. The van der Waals surface area contributed by atoms with Gasteiger partial charge in [0.1, 0.15) is 4.33 Å². The van der Waals surface area contributed by atoms with Crippen molar-refractivity contribution in [3.63, 3.8) is 0 Å². The fourth-order valence-electron chi connectivity index (χ4n) is 2.22. The molecule has 2 rings (SSSR count). The van der Waals surface area contributed by atoms with Gasteiger partial charge in [0, 0.05) is 6.04 Å². The summed E-state index contributed by atoms with van der Waals surface area (Å²) >= 11 is 11.7. The highest BCUT2D eigenvalue weighted by Crippen LogP contribution is 2.53. The minimum absolute atomic E-state index is 0.0481. The fraction of sp³-hybridized carbons (Fsp3) is 0.909. The molecule has 2 nitrogen and oxygen atoms in total. The first kappa shape index (κ1) is 11.5. The molecule has 0 aromatic rings. The maximum absolute atomic E-state index is 11.7. The van der Waals surface area contributed by atoms with Crippen LogP contribution in [0.2, 0.25) is 0 Å². The largest absolute Gasteiger partial charge is 0.353 e. The van der Waals surface area contributed by atoms with Crippen molar-refractivity contribution in [1.82, 2.24) is 5.32 Å². The Kier molecular flexibility index (Phi) is 3.46. The number of halogens is 2. The monoisotopic (exact) mass is 249 g/mol. The lowest BCUT2D eigenvalue weighted by atomic mass is 10.1. The maximum atomic E-state index is 11.7. The van der Waals surface area contributed by atoms with Crippen molar-refractivity contribution in [3.8, 4) is 0 Å². The standard InChI is InChI=1S/C11H17Cl2NO/c12-11(13)7-9(11)10(15)14-8-5-3-1-2-4-6-8/h8-9H,1-7H2,(H,14,15)/t9-/m0/s1. The van der Waals surface area contributed by atoms with Gasteiger partial charge in [0.25, 0.3) is 0 Å². The van der Waals surface area contributed by atoms with Gasteiger partial charge < -0.3 is 5.32 Å². The van der Waals surface area contributed by atoms with Crippen LogP contribution in [0.5, 0.6) is 0 Å². The molecule has 0 aromatic heterocycles. The van der Waals surface area contributed by atoms with Gasteiger partial charge in [0.2, 0.25) is 5.91 Å². The molecular weight excluding hydrogens is 233 g/mol. The average Bonchev–Trinajstić information content (AvgIpc) is 2.85. The molecule has 2 fully saturated rings. The Morgan fingerprint density at radius 2 is 1.67 bits per heavy atom. The number of carbonyl (C=O) groups excluding carboxylic acids is 1. The first-order chi connectivity index (χ1) is 7.09. The van der Waals surface area contributed by atoms with Crippen molar-refractivity contribution in [2.24, 2.45) is 5.92 Å². The second-order valence-corrected chi connectivity index (χ2v) is 6.26. The third-order valence-electron chi connectivity index (χ3n) is 3.34. The average molecular weight is 250 g/mol. The first-order valence-corrected chi connectivity index (χ1v) is 6.53. The van der Waals surface area contributed by atoms with Crippen LogP contribution in [0.3, 0.4) is 0 Å². The van der Waals surface area contributed by atoms with Crippen LogP contribution in [0.25, 0.3) is 0 Å². The molecule has 2 saturated carbocycles. The van der Waals surface area contributed by atoms with Gasteiger partial charge in [0.15, 0.2) is 0 Å². The number of alkyl halides is 2. The Bertz CT molecular complexity index is 247. The number of hydrogen-bond donors (Lipinski definition) is 1. The molecule has 0 heterocycles. The van der Waals surface area contributed by atoms with E-state index in [0.717, 1.165) is 12.8 Å². The van der Waals surface area contributed by atoms with E-state index in [1.807, 2.05) is 0 Å². The van der Waals surface area contributed by atoms with Crippen LogP contribution in [0.1, 0.15) is 44.9 Å². The zero-order chi connectivity index (χ0) is 10.9. The minimum atomic E-state index is -0.783. The summed E-state index contributed by atoms with van der Waals surface area (Å²) in [6.45, 7) is 0. The molecule has 2 aliphatic rings. The molecule has 0 unspecified atom stereocenters. The summed E-state index contributed by atoms with van der Waals surface area (Å²) in [5.41, 5.74) is 0. The Morgan fingerprint density at radius 1 is 1.13 bits per heavy atom. The van der Waals surface area contributed by atoms with E-state index in [4.69, 9.17) is 23.2 Å². The topological polar surface area (TPSA) is 29.1 Å². The molecule has 15 heavy (non-hydrogen) atoms. The molecule has 0 aliphatic heterocycles. The molecule has 0 spiro atoms. The number of nitrogens with one attached hydrogen (secondary N) is 1. The number of rotatable bonds is 2. The summed E-state index contributed by atoms with van der Waals surface area (Å²) in [5.74, 6) is -0.129. The predicted molar refractivity (Wildman–Crippen MR) is 62.2 cm³/mol. The lowest BCUT2D eigenvalue weighted by Gasteiger charge is -2.16. The van der Waals surface area contributed by atoms with Crippen LogP contribution in [0, 0.1) is 5.92 Å². The van der Waals surface area contributed by atoms with Crippen LogP contribution < -0.4 is 5.32 Å². The maximum Gasteiger partial charge on any atom is 0.226 e. The predicted octanol–water partition coefficient (Wildman–Crippen LogP) is 3.02. The van der Waals surface area contributed by atoms with Gasteiger partial charge in [-0.1, -0.05) is 25.7 Å². The molecule has 0 radical (unpaired) electrons. The molecule has 2 aliphatic carbocycles. The van der Waals surface area contributed by atoms with Crippen LogP contribution in [-0.2, 0) is 4.79 Å². The summed E-state index contributed by atoms with van der Waals surface area (Å²) < 4.78 is -0.783. The van der Waals surface area contributed by atoms with Gasteiger partial charge in [-0.05, 0) is 19.3 Å². The van der Waals surface area contributed by atoms with E-state index in [1.54, 1.807) is 0 Å². The third kappa shape index (κ3) is 3.01. The van der Waals surface area contributed by atoms with Crippen LogP contribution in [-0.4, -0.2) is 16.3 Å². The summed E-state index contributed by atoms with van der Waals surface area (Å²) in [5, 5.41) is 3.07. The van der Waals surface area contributed by atoms with Crippen molar-refractivity contribution >= 4 is 29.1 Å². The number of amides is 1. The molecule has 4 heteroatoms. The second-order valence-electron chi connectivity index (χ2n) is 4.71. The van der Waals surface area contributed by atoms with Gasteiger partial charge in [-0.2, -0.15) is 0 Å². The first-order valence-electron chi connectivity index (χ1n) is 5.78. The molecule has 1 amide bonds. The molecule has 86 valence electrons. The van der Waals surface area contributed by atoms with Gasteiger partial charge >= 0.3 is 0 Å². The SMILES string of the molecule is O=C(NC1CCCCCC1)[C@@H]1CC1(Cl)Cl. The summed E-state index contributed by atoms with van der Waals surface area (Å²) in [7, 11) is 0. The van der Waals surface area contributed by atoms with Crippen LogP contribution in [0.4, 0.5) is 0 Å². The summed E-state index contributed by atoms with van der Waals surface area (Å²) in [6.07, 6.45) is 7.86. The number of hydrogen-bond acceptors (Lipinski definition) is 1. The molecule has 1 N–H and O–H groups in total. The van der Waals surface area contributed by atoms with Gasteiger partial charge in [-0.25, -0.2) is 0 Å². The molecule has 0 bridgehead atoms. The highest BCUT2D eigenvalue weighted by Gasteiger charge is 2.56. The smallest absolute Gasteiger partial charge is 0.226 e. The van der Waals surface area contributed by atoms with E-state index < -0.39 is 4.33 Å². The molecular formula is C11H17Cl2NO.